The summed E-state index contributed by atoms with van der Waals surface area (Å²) in [4.78, 5) is 4.70. The minimum atomic E-state index is 0.156. The minimum Gasteiger partial charge on any atom is -0.508 e. The first kappa shape index (κ1) is 15.7. The Kier molecular flexibility index (Phi) is 5.10. The van der Waals surface area contributed by atoms with E-state index in [2.05, 4.69) is 31.4 Å². The van der Waals surface area contributed by atoms with Crippen molar-refractivity contribution in [1.29, 1.82) is 0 Å². The zero-order chi connectivity index (χ0) is 15.3. The Hall–Kier alpha value is -1.71. The van der Waals surface area contributed by atoms with Crippen LogP contribution in [0.2, 0.25) is 0 Å². The maximum Gasteiger partial charge on any atom is 0.196 e. The summed E-state index contributed by atoms with van der Waals surface area (Å²) in [6.45, 7) is 7.29. The van der Waals surface area contributed by atoms with Crippen LogP contribution in [0.4, 0.5) is 5.69 Å². The average molecular weight is 289 g/mol. The van der Waals surface area contributed by atoms with Crippen LogP contribution in [0.15, 0.2) is 29.3 Å². The molecule has 1 aliphatic rings. The summed E-state index contributed by atoms with van der Waals surface area (Å²) in [6.07, 6.45) is 4.99. The molecule has 1 saturated carbocycles. The third-order valence-electron chi connectivity index (χ3n) is 3.52. The van der Waals surface area contributed by atoms with Gasteiger partial charge in [-0.1, -0.05) is 39.7 Å². The summed E-state index contributed by atoms with van der Waals surface area (Å²) in [5, 5.41) is 16.4. The van der Waals surface area contributed by atoms with E-state index >= 15 is 0 Å². The fraction of sp³-hybridized carbons (Fsp3) is 0.588. The van der Waals surface area contributed by atoms with Gasteiger partial charge in [0, 0.05) is 24.3 Å². The third-order valence-corrected chi connectivity index (χ3v) is 3.52. The molecule has 116 valence electrons. The molecule has 4 heteroatoms. The highest BCUT2D eigenvalue weighted by atomic mass is 16.3. The first-order chi connectivity index (χ1) is 9.92. The van der Waals surface area contributed by atoms with Gasteiger partial charge < -0.3 is 15.7 Å². The SMILES string of the molecule is CC(C)(C)CN=C(Nc1cccc(O)c1)NC1CCCC1. The zero-order valence-corrected chi connectivity index (χ0v) is 13.3. The van der Waals surface area contributed by atoms with E-state index in [4.69, 9.17) is 4.99 Å². The summed E-state index contributed by atoms with van der Waals surface area (Å²) in [6, 6.07) is 7.65. The second-order valence-electron chi connectivity index (χ2n) is 7.03. The van der Waals surface area contributed by atoms with Crippen molar-refractivity contribution >= 4 is 11.6 Å². The van der Waals surface area contributed by atoms with Gasteiger partial charge in [0.1, 0.15) is 5.75 Å². The van der Waals surface area contributed by atoms with Gasteiger partial charge in [0.05, 0.1) is 0 Å². The molecule has 3 N–H and O–H groups in total. The van der Waals surface area contributed by atoms with Gasteiger partial charge in [0.2, 0.25) is 0 Å². The molecule has 0 amide bonds. The van der Waals surface area contributed by atoms with Crippen molar-refractivity contribution < 1.29 is 5.11 Å². The van der Waals surface area contributed by atoms with Crippen LogP contribution in [0, 0.1) is 5.41 Å². The molecule has 1 fully saturated rings. The fourth-order valence-electron chi connectivity index (χ4n) is 2.42. The maximum absolute atomic E-state index is 9.57. The Morgan fingerprint density at radius 1 is 1.29 bits per heavy atom. The molecule has 0 heterocycles. The van der Waals surface area contributed by atoms with Gasteiger partial charge in [-0.3, -0.25) is 4.99 Å². The molecule has 0 aromatic heterocycles. The molecule has 21 heavy (non-hydrogen) atoms. The molecular formula is C17H27N3O. The Bertz CT molecular complexity index is 485. The lowest BCUT2D eigenvalue weighted by atomic mass is 9.97. The average Bonchev–Trinajstić information content (AvgIpc) is 2.88. The van der Waals surface area contributed by atoms with E-state index in [0.29, 0.717) is 6.04 Å². The summed E-state index contributed by atoms with van der Waals surface area (Å²) in [7, 11) is 0. The van der Waals surface area contributed by atoms with Crippen LogP contribution >= 0.6 is 0 Å². The Morgan fingerprint density at radius 2 is 2.00 bits per heavy atom. The van der Waals surface area contributed by atoms with E-state index in [0.717, 1.165) is 18.2 Å². The number of phenols is 1. The fourth-order valence-corrected chi connectivity index (χ4v) is 2.42. The van der Waals surface area contributed by atoms with E-state index in [1.54, 1.807) is 12.1 Å². The van der Waals surface area contributed by atoms with Crippen LogP contribution in [0.1, 0.15) is 46.5 Å². The smallest absolute Gasteiger partial charge is 0.196 e. The van der Waals surface area contributed by atoms with E-state index in [1.807, 2.05) is 12.1 Å². The van der Waals surface area contributed by atoms with Crippen molar-refractivity contribution in [2.45, 2.75) is 52.5 Å². The van der Waals surface area contributed by atoms with E-state index in [-0.39, 0.29) is 11.2 Å². The topological polar surface area (TPSA) is 56.7 Å². The number of aromatic hydroxyl groups is 1. The normalized spacial score (nSPS) is 17.0. The molecule has 0 unspecified atom stereocenters. The number of hydrogen-bond donors (Lipinski definition) is 3. The molecule has 1 aliphatic carbocycles. The molecule has 0 atom stereocenters. The lowest BCUT2D eigenvalue weighted by molar-refractivity contribution is 0.428. The number of anilines is 1. The Morgan fingerprint density at radius 3 is 2.62 bits per heavy atom. The zero-order valence-electron chi connectivity index (χ0n) is 13.3. The summed E-state index contributed by atoms with van der Waals surface area (Å²) < 4.78 is 0. The van der Waals surface area contributed by atoms with Gasteiger partial charge in [-0.2, -0.15) is 0 Å². The quantitative estimate of drug-likeness (QED) is 0.587. The van der Waals surface area contributed by atoms with Gasteiger partial charge >= 0.3 is 0 Å². The Balaban J connectivity index is 2.06. The van der Waals surface area contributed by atoms with Crippen molar-refractivity contribution in [3.05, 3.63) is 24.3 Å². The van der Waals surface area contributed by atoms with Gasteiger partial charge in [-0.25, -0.2) is 0 Å². The monoisotopic (exact) mass is 289 g/mol. The van der Waals surface area contributed by atoms with Crippen LogP contribution in [0.5, 0.6) is 5.75 Å². The number of nitrogens with zero attached hydrogens (tertiary/aromatic N) is 1. The highest BCUT2D eigenvalue weighted by molar-refractivity contribution is 5.94. The van der Waals surface area contributed by atoms with Crippen LogP contribution in [-0.2, 0) is 0 Å². The molecule has 0 aliphatic heterocycles. The van der Waals surface area contributed by atoms with Gasteiger partial charge in [-0.05, 0) is 30.4 Å². The molecule has 2 rings (SSSR count). The van der Waals surface area contributed by atoms with Crippen LogP contribution in [0.3, 0.4) is 0 Å². The second kappa shape index (κ2) is 6.83. The maximum atomic E-state index is 9.57. The van der Waals surface area contributed by atoms with E-state index < -0.39 is 0 Å². The Labute approximate surface area is 127 Å². The number of nitrogens with one attached hydrogen (secondary N) is 2. The summed E-state index contributed by atoms with van der Waals surface area (Å²) >= 11 is 0. The summed E-state index contributed by atoms with van der Waals surface area (Å²) in [5.41, 5.74) is 1.01. The molecule has 0 saturated heterocycles. The molecule has 0 radical (unpaired) electrons. The second-order valence-corrected chi connectivity index (χ2v) is 7.03. The lowest BCUT2D eigenvalue weighted by Gasteiger charge is -2.20. The van der Waals surface area contributed by atoms with Crippen LogP contribution < -0.4 is 10.6 Å². The molecule has 0 spiro atoms. The highest BCUT2D eigenvalue weighted by Crippen LogP contribution is 2.19. The number of phenolic OH excluding ortho intramolecular Hbond substituents is 1. The van der Waals surface area contributed by atoms with Gasteiger partial charge in [-0.15, -0.1) is 0 Å². The molecule has 1 aromatic carbocycles. The predicted molar refractivity (Wildman–Crippen MR) is 88.9 cm³/mol. The number of aliphatic imine (C=N–C) groups is 1. The van der Waals surface area contributed by atoms with Crippen LogP contribution in [-0.4, -0.2) is 23.7 Å². The standard InChI is InChI=1S/C17H27N3O/c1-17(2,3)12-18-16(19-13-7-4-5-8-13)20-14-9-6-10-15(21)11-14/h6,9-11,13,21H,4-5,7-8,12H2,1-3H3,(H2,18,19,20). The summed E-state index contributed by atoms with van der Waals surface area (Å²) in [5.74, 6) is 1.07. The minimum absolute atomic E-state index is 0.156. The third kappa shape index (κ3) is 5.66. The number of benzene rings is 1. The lowest BCUT2D eigenvalue weighted by Crippen LogP contribution is -2.38. The molecule has 0 bridgehead atoms. The highest BCUT2D eigenvalue weighted by Gasteiger charge is 2.17. The number of rotatable bonds is 3. The van der Waals surface area contributed by atoms with Gasteiger partial charge in [0.25, 0.3) is 0 Å². The molecule has 4 nitrogen and oxygen atoms in total. The van der Waals surface area contributed by atoms with Gasteiger partial charge in [0.15, 0.2) is 5.96 Å². The van der Waals surface area contributed by atoms with Crippen molar-refractivity contribution in [3.8, 4) is 5.75 Å². The molecular weight excluding hydrogens is 262 g/mol. The number of guanidine groups is 1. The molecule has 1 aromatic rings. The van der Waals surface area contributed by atoms with Crippen molar-refractivity contribution in [3.63, 3.8) is 0 Å². The van der Waals surface area contributed by atoms with Crippen LogP contribution in [0.25, 0.3) is 0 Å². The van der Waals surface area contributed by atoms with E-state index in [1.165, 1.54) is 25.7 Å². The largest absolute Gasteiger partial charge is 0.508 e. The first-order valence-electron chi connectivity index (χ1n) is 7.79. The van der Waals surface area contributed by atoms with Crippen molar-refractivity contribution in [2.75, 3.05) is 11.9 Å². The van der Waals surface area contributed by atoms with Crippen molar-refractivity contribution in [1.82, 2.24) is 5.32 Å². The van der Waals surface area contributed by atoms with Crippen molar-refractivity contribution in [2.24, 2.45) is 10.4 Å². The number of hydrogen-bond acceptors (Lipinski definition) is 2. The first-order valence-corrected chi connectivity index (χ1v) is 7.79. The van der Waals surface area contributed by atoms with E-state index in [9.17, 15) is 5.11 Å². The predicted octanol–water partition coefficient (Wildman–Crippen LogP) is 3.74.